The summed E-state index contributed by atoms with van der Waals surface area (Å²) in [6, 6.07) is 0.650. The van der Waals surface area contributed by atoms with Crippen LogP contribution >= 0.6 is 0 Å². The Balaban J connectivity index is 1.78. The predicted octanol–water partition coefficient (Wildman–Crippen LogP) is 2.45. The molecule has 20 heavy (non-hydrogen) atoms. The van der Waals surface area contributed by atoms with Gasteiger partial charge >= 0.3 is 12.0 Å². The third-order valence-corrected chi connectivity index (χ3v) is 4.04. The molecule has 0 radical (unpaired) electrons. The Labute approximate surface area is 121 Å². The molecular formula is C15H26N2O3. The zero-order valence-corrected chi connectivity index (χ0v) is 12.4. The number of nitrogens with zero attached hydrogens (tertiary/aromatic N) is 1. The van der Waals surface area contributed by atoms with Crippen LogP contribution in [0.2, 0.25) is 0 Å². The van der Waals surface area contributed by atoms with Crippen LogP contribution in [0, 0.1) is 0 Å². The number of rotatable bonds is 6. The molecule has 1 N–H and O–H groups in total. The Bertz CT molecular complexity index is 336. The van der Waals surface area contributed by atoms with E-state index in [4.69, 9.17) is 4.74 Å². The quantitative estimate of drug-likeness (QED) is 0.761. The second-order valence-electron chi connectivity index (χ2n) is 5.76. The van der Waals surface area contributed by atoms with Crippen molar-refractivity contribution >= 4 is 12.0 Å². The molecule has 0 heterocycles. The number of amides is 2. The fraction of sp³-hybridized carbons (Fsp3) is 0.867. The van der Waals surface area contributed by atoms with E-state index in [0.717, 1.165) is 25.7 Å². The van der Waals surface area contributed by atoms with Gasteiger partial charge in [-0.1, -0.05) is 19.3 Å². The number of hydrogen-bond acceptors (Lipinski definition) is 3. The van der Waals surface area contributed by atoms with Crippen molar-refractivity contribution in [2.45, 2.75) is 70.4 Å². The molecule has 2 saturated carbocycles. The van der Waals surface area contributed by atoms with Gasteiger partial charge in [-0.05, 0) is 32.6 Å². The Morgan fingerprint density at radius 3 is 2.45 bits per heavy atom. The van der Waals surface area contributed by atoms with E-state index in [1.807, 2.05) is 4.90 Å². The van der Waals surface area contributed by atoms with Gasteiger partial charge in [-0.15, -0.1) is 0 Å². The van der Waals surface area contributed by atoms with Gasteiger partial charge in [-0.2, -0.15) is 0 Å². The fourth-order valence-electron chi connectivity index (χ4n) is 2.79. The summed E-state index contributed by atoms with van der Waals surface area (Å²) in [7, 11) is 0. The fourth-order valence-corrected chi connectivity index (χ4v) is 2.79. The SMILES string of the molecule is CCOC(=O)CCN(C(=O)NC1CCCCC1)C1CC1. The van der Waals surface area contributed by atoms with E-state index in [-0.39, 0.29) is 12.0 Å². The van der Waals surface area contributed by atoms with Gasteiger partial charge in [0.1, 0.15) is 0 Å². The first-order valence-corrected chi connectivity index (χ1v) is 7.93. The van der Waals surface area contributed by atoms with Gasteiger partial charge in [0.05, 0.1) is 13.0 Å². The van der Waals surface area contributed by atoms with E-state index in [1.54, 1.807) is 6.92 Å². The Hall–Kier alpha value is -1.26. The molecular weight excluding hydrogens is 256 g/mol. The van der Waals surface area contributed by atoms with Crippen LogP contribution in [-0.2, 0) is 9.53 Å². The summed E-state index contributed by atoms with van der Waals surface area (Å²) in [6.07, 6.45) is 8.27. The van der Waals surface area contributed by atoms with Crippen molar-refractivity contribution in [1.82, 2.24) is 10.2 Å². The second-order valence-corrected chi connectivity index (χ2v) is 5.76. The van der Waals surface area contributed by atoms with Crippen LogP contribution in [0.1, 0.15) is 58.3 Å². The number of carbonyl (C=O) groups excluding carboxylic acids is 2. The largest absolute Gasteiger partial charge is 0.466 e. The number of ether oxygens (including phenoxy) is 1. The highest BCUT2D eigenvalue weighted by molar-refractivity contribution is 5.76. The third-order valence-electron chi connectivity index (χ3n) is 4.04. The molecule has 2 amide bonds. The Morgan fingerprint density at radius 1 is 1.15 bits per heavy atom. The zero-order chi connectivity index (χ0) is 14.4. The molecule has 0 spiro atoms. The highest BCUT2D eigenvalue weighted by Crippen LogP contribution is 2.27. The zero-order valence-electron chi connectivity index (χ0n) is 12.4. The lowest BCUT2D eigenvalue weighted by Gasteiger charge is -2.28. The van der Waals surface area contributed by atoms with E-state index in [0.29, 0.717) is 31.7 Å². The summed E-state index contributed by atoms with van der Waals surface area (Å²) < 4.78 is 4.92. The lowest BCUT2D eigenvalue weighted by atomic mass is 9.96. The Kier molecular flexibility index (Phi) is 5.68. The first-order valence-electron chi connectivity index (χ1n) is 7.93. The van der Waals surface area contributed by atoms with Crippen LogP contribution < -0.4 is 5.32 Å². The highest BCUT2D eigenvalue weighted by atomic mass is 16.5. The molecule has 2 aliphatic rings. The van der Waals surface area contributed by atoms with Gasteiger partial charge in [0, 0.05) is 18.6 Å². The van der Waals surface area contributed by atoms with Crippen LogP contribution in [0.5, 0.6) is 0 Å². The van der Waals surface area contributed by atoms with Crippen molar-refractivity contribution < 1.29 is 14.3 Å². The molecule has 0 aliphatic heterocycles. The smallest absolute Gasteiger partial charge is 0.317 e. The minimum atomic E-state index is -0.219. The van der Waals surface area contributed by atoms with Crippen LogP contribution in [0.3, 0.4) is 0 Å². The number of urea groups is 1. The van der Waals surface area contributed by atoms with Crippen LogP contribution in [0.15, 0.2) is 0 Å². The molecule has 0 saturated heterocycles. The molecule has 0 atom stereocenters. The summed E-state index contributed by atoms with van der Waals surface area (Å²) in [5.41, 5.74) is 0. The molecule has 0 aromatic carbocycles. The number of nitrogens with one attached hydrogen (secondary N) is 1. The summed E-state index contributed by atoms with van der Waals surface area (Å²) >= 11 is 0. The number of carbonyl (C=O) groups is 2. The maximum Gasteiger partial charge on any atom is 0.317 e. The molecule has 5 nitrogen and oxygen atoms in total. The summed E-state index contributed by atoms with van der Waals surface area (Å²) in [5, 5.41) is 3.13. The molecule has 2 rings (SSSR count). The van der Waals surface area contributed by atoms with Gasteiger partial charge < -0.3 is 15.0 Å². The van der Waals surface area contributed by atoms with Gasteiger partial charge in [0.15, 0.2) is 0 Å². The van der Waals surface area contributed by atoms with Crippen LogP contribution in [0.4, 0.5) is 4.79 Å². The molecule has 0 unspecified atom stereocenters. The first-order chi connectivity index (χ1) is 9.70. The van der Waals surface area contributed by atoms with E-state index < -0.39 is 0 Å². The van der Waals surface area contributed by atoms with Gasteiger partial charge in [-0.25, -0.2) is 4.79 Å². The number of hydrogen-bond donors (Lipinski definition) is 1. The molecule has 0 bridgehead atoms. The van der Waals surface area contributed by atoms with E-state index in [9.17, 15) is 9.59 Å². The second kappa shape index (κ2) is 7.50. The van der Waals surface area contributed by atoms with Crippen LogP contribution in [-0.4, -0.2) is 42.1 Å². The summed E-state index contributed by atoms with van der Waals surface area (Å²) in [6.45, 7) is 2.67. The van der Waals surface area contributed by atoms with Crippen molar-refractivity contribution in [3.8, 4) is 0 Å². The molecule has 0 aromatic heterocycles. The lowest BCUT2D eigenvalue weighted by Crippen LogP contribution is -2.47. The predicted molar refractivity (Wildman–Crippen MR) is 76.4 cm³/mol. The monoisotopic (exact) mass is 282 g/mol. The van der Waals surface area contributed by atoms with E-state index in [2.05, 4.69) is 5.32 Å². The topological polar surface area (TPSA) is 58.6 Å². The van der Waals surface area contributed by atoms with E-state index >= 15 is 0 Å². The maximum absolute atomic E-state index is 12.3. The minimum Gasteiger partial charge on any atom is -0.466 e. The molecule has 5 heteroatoms. The van der Waals surface area contributed by atoms with Crippen LogP contribution in [0.25, 0.3) is 0 Å². The van der Waals surface area contributed by atoms with Crippen molar-refractivity contribution in [3.63, 3.8) is 0 Å². The lowest BCUT2D eigenvalue weighted by molar-refractivity contribution is -0.143. The molecule has 2 aliphatic carbocycles. The average molecular weight is 282 g/mol. The maximum atomic E-state index is 12.3. The van der Waals surface area contributed by atoms with Gasteiger partial charge in [-0.3, -0.25) is 4.79 Å². The van der Waals surface area contributed by atoms with Crippen molar-refractivity contribution in [2.75, 3.05) is 13.2 Å². The average Bonchev–Trinajstić information content (AvgIpc) is 3.25. The van der Waals surface area contributed by atoms with Crippen molar-refractivity contribution in [1.29, 1.82) is 0 Å². The molecule has 2 fully saturated rings. The normalized spacial score (nSPS) is 19.4. The van der Waals surface area contributed by atoms with Gasteiger partial charge in [0.25, 0.3) is 0 Å². The van der Waals surface area contributed by atoms with Crippen molar-refractivity contribution in [3.05, 3.63) is 0 Å². The first kappa shape index (κ1) is 15.1. The number of esters is 1. The molecule has 114 valence electrons. The third kappa shape index (κ3) is 4.69. The highest BCUT2D eigenvalue weighted by Gasteiger charge is 2.33. The summed E-state index contributed by atoms with van der Waals surface area (Å²) in [5.74, 6) is -0.219. The van der Waals surface area contributed by atoms with E-state index in [1.165, 1.54) is 19.3 Å². The standard InChI is InChI=1S/C15H26N2O3/c1-2-20-14(18)10-11-17(13-8-9-13)15(19)16-12-6-4-3-5-7-12/h12-13H,2-11H2,1H3,(H,16,19). The molecule has 0 aromatic rings. The Morgan fingerprint density at radius 2 is 1.85 bits per heavy atom. The van der Waals surface area contributed by atoms with Crippen molar-refractivity contribution in [2.24, 2.45) is 0 Å². The minimum absolute atomic E-state index is 0.00342. The van der Waals surface area contributed by atoms with Gasteiger partial charge in [0.2, 0.25) is 0 Å². The summed E-state index contributed by atoms with van der Waals surface area (Å²) in [4.78, 5) is 25.6.